The summed E-state index contributed by atoms with van der Waals surface area (Å²) >= 11 is 0. The molecule has 142 valence electrons. The van der Waals surface area contributed by atoms with Gasteiger partial charge in [0.15, 0.2) is 0 Å². The predicted octanol–water partition coefficient (Wildman–Crippen LogP) is 1.71. The maximum Gasteiger partial charge on any atom is 1.00 e. The van der Waals surface area contributed by atoms with Gasteiger partial charge in [-0.1, -0.05) is 57.2 Å². The number of aryl methyl sites for hydroxylation is 1. The molecule has 7 heteroatoms. The molecular weight excluding hydrogens is 391 g/mol. The van der Waals surface area contributed by atoms with Crippen LogP contribution in [0.4, 0.5) is 0 Å². The van der Waals surface area contributed by atoms with E-state index in [1.54, 1.807) is 6.07 Å². The maximum absolute atomic E-state index is 11.4. The van der Waals surface area contributed by atoms with E-state index < -0.39 is 20.8 Å². The number of unbranched alkanes of at least 4 members (excludes halogenated alkanes) is 5. The Morgan fingerprint density at radius 3 is 2.41 bits per heavy atom. The molecule has 0 unspecified atom stereocenters. The van der Waals surface area contributed by atoms with Gasteiger partial charge in [-0.05, 0) is 42.7 Å². The molecular formula is C20H25KO5S. The van der Waals surface area contributed by atoms with Crippen LogP contribution >= 0.6 is 0 Å². The second kappa shape index (κ2) is 12.2. The summed E-state index contributed by atoms with van der Waals surface area (Å²) in [6, 6.07) is 10.7. The molecule has 1 N–H and O–H groups in total. The van der Waals surface area contributed by atoms with Gasteiger partial charge in [0, 0.05) is 0 Å². The van der Waals surface area contributed by atoms with E-state index in [-0.39, 0.29) is 57.1 Å². The number of benzene rings is 2. The fraction of sp³-hybridized carbons (Fsp3) is 0.400. The fourth-order valence-corrected chi connectivity index (χ4v) is 3.40. The summed E-state index contributed by atoms with van der Waals surface area (Å²) in [5.41, 5.74) is 1.10. The van der Waals surface area contributed by atoms with Gasteiger partial charge in [0.1, 0.15) is 16.4 Å². The van der Waals surface area contributed by atoms with Crippen molar-refractivity contribution in [3.05, 3.63) is 48.0 Å². The largest absolute Gasteiger partial charge is 1.00 e. The van der Waals surface area contributed by atoms with Gasteiger partial charge in [-0.3, -0.25) is 4.55 Å². The molecule has 0 saturated heterocycles. The third kappa shape index (κ3) is 8.64. The van der Waals surface area contributed by atoms with Crippen molar-refractivity contribution in [2.75, 3.05) is 0 Å². The van der Waals surface area contributed by atoms with Crippen LogP contribution in [0.2, 0.25) is 0 Å². The Morgan fingerprint density at radius 1 is 1.00 bits per heavy atom. The Kier molecular flexibility index (Phi) is 11.1. The van der Waals surface area contributed by atoms with Gasteiger partial charge < -0.3 is 9.84 Å². The molecule has 0 aromatic heterocycles. The van der Waals surface area contributed by atoms with Crippen LogP contribution in [0.25, 0.3) is 0 Å². The summed E-state index contributed by atoms with van der Waals surface area (Å²) in [5.74, 6) is -0.109. The van der Waals surface area contributed by atoms with Gasteiger partial charge >= 0.3 is 51.4 Å². The van der Waals surface area contributed by atoms with Crippen LogP contribution in [0.15, 0.2) is 47.4 Å². The third-order valence-electron chi connectivity index (χ3n) is 4.14. The summed E-state index contributed by atoms with van der Waals surface area (Å²) in [5, 5.41) is 11.4. The van der Waals surface area contributed by atoms with E-state index in [1.165, 1.54) is 44.2 Å². The van der Waals surface area contributed by atoms with E-state index in [4.69, 9.17) is 4.74 Å². The zero-order chi connectivity index (χ0) is 19.0. The smallest absolute Gasteiger partial charge is 0.872 e. The Morgan fingerprint density at radius 2 is 1.70 bits per heavy atom. The van der Waals surface area contributed by atoms with Crippen LogP contribution in [0.5, 0.6) is 17.2 Å². The molecule has 0 amide bonds. The van der Waals surface area contributed by atoms with E-state index in [0.29, 0.717) is 5.75 Å². The molecule has 2 rings (SSSR count). The van der Waals surface area contributed by atoms with E-state index in [0.717, 1.165) is 24.5 Å². The van der Waals surface area contributed by atoms with Crippen LogP contribution in [0.1, 0.15) is 51.0 Å². The van der Waals surface area contributed by atoms with Crippen LogP contribution < -0.4 is 61.2 Å². The van der Waals surface area contributed by atoms with Crippen LogP contribution in [0, 0.1) is 0 Å². The molecule has 0 spiro atoms. The quantitative estimate of drug-likeness (QED) is 0.362. The minimum Gasteiger partial charge on any atom is -0.872 e. The molecule has 0 aliphatic heterocycles. The molecule has 0 heterocycles. The normalized spacial score (nSPS) is 11.0. The summed E-state index contributed by atoms with van der Waals surface area (Å²) in [4.78, 5) is -0.522. The molecule has 2 aromatic rings. The van der Waals surface area contributed by atoms with Gasteiger partial charge in [0.2, 0.25) is 0 Å². The molecule has 2 aromatic carbocycles. The number of hydrogen-bond donors (Lipinski definition) is 1. The van der Waals surface area contributed by atoms with Gasteiger partial charge in [-0.2, -0.15) is 8.42 Å². The van der Waals surface area contributed by atoms with Crippen molar-refractivity contribution in [1.82, 2.24) is 0 Å². The molecule has 0 saturated carbocycles. The minimum absolute atomic E-state index is 0. The van der Waals surface area contributed by atoms with E-state index in [2.05, 4.69) is 6.92 Å². The van der Waals surface area contributed by atoms with E-state index in [1.807, 2.05) is 18.2 Å². The Hall–Kier alpha value is -0.414. The number of rotatable bonds is 10. The van der Waals surface area contributed by atoms with Crippen molar-refractivity contribution in [3.8, 4) is 17.2 Å². The minimum atomic E-state index is -4.54. The average Bonchev–Trinajstić information content (AvgIpc) is 2.59. The van der Waals surface area contributed by atoms with Crippen molar-refractivity contribution in [2.45, 2.75) is 56.8 Å². The summed E-state index contributed by atoms with van der Waals surface area (Å²) in [6.07, 6.45) is 8.22. The number of hydrogen-bond acceptors (Lipinski definition) is 4. The predicted molar refractivity (Wildman–Crippen MR) is 99.3 cm³/mol. The second-order valence-corrected chi connectivity index (χ2v) is 7.74. The second-order valence-electron chi connectivity index (χ2n) is 6.35. The van der Waals surface area contributed by atoms with E-state index in [9.17, 15) is 18.1 Å². The standard InChI is InChI=1S/C20H26O5S.K/c1-2-3-4-5-6-7-9-16-10-8-11-18(14-16)25-19-13-12-17(21)15-20(19)26(22,23)24;/h8,10-15,21H,2-7,9H2,1H3,(H,22,23,24);/q;+1/p-1. The van der Waals surface area contributed by atoms with Crippen LogP contribution in [-0.4, -0.2) is 13.0 Å². The summed E-state index contributed by atoms with van der Waals surface area (Å²) in [7, 11) is -4.54. The summed E-state index contributed by atoms with van der Waals surface area (Å²) < 4.78 is 37.8. The molecule has 0 fully saturated rings. The first-order chi connectivity index (χ1) is 12.4. The Bertz CT molecular complexity index is 821. The summed E-state index contributed by atoms with van der Waals surface area (Å²) in [6.45, 7) is 2.20. The van der Waals surface area contributed by atoms with Crippen molar-refractivity contribution in [3.63, 3.8) is 0 Å². The first-order valence-corrected chi connectivity index (χ1v) is 10.4. The fourth-order valence-electron chi connectivity index (χ4n) is 2.78. The third-order valence-corrected chi connectivity index (χ3v) is 5.01. The van der Waals surface area contributed by atoms with Gasteiger partial charge in [0.05, 0.1) is 0 Å². The first kappa shape index (κ1) is 24.6. The van der Waals surface area contributed by atoms with E-state index >= 15 is 0 Å². The molecule has 0 aliphatic carbocycles. The first-order valence-electron chi connectivity index (χ1n) is 8.95. The van der Waals surface area contributed by atoms with Crippen molar-refractivity contribution in [1.29, 1.82) is 0 Å². The molecule has 5 nitrogen and oxygen atoms in total. The Balaban J connectivity index is 0.00000364. The van der Waals surface area contributed by atoms with Crippen molar-refractivity contribution < 1.29 is 74.2 Å². The van der Waals surface area contributed by atoms with Gasteiger partial charge in [-0.25, -0.2) is 0 Å². The number of ether oxygens (including phenoxy) is 1. The molecule has 0 bridgehead atoms. The zero-order valence-electron chi connectivity index (χ0n) is 16.0. The molecule has 27 heavy (non-hydrogen) atoms. The molecule has 0 aliphatic rings. The SMILES string of the molecule is CCCCCCCCc1cccc(Oc2ccc([O-])cc2S(=O)(=O)O)c1.[K+]. The van der Waals surface area contributed by atoms with Crippen molar-refractivity contribution in [2.24, 2.45) is 0 Å². The zero-order valence-corrected chi connectivity index (χ0v) is 19.9. The average molecular weight is 417 g/mol. The van der Waals surface area contributed by atoms with Gasteiger partial charge in [0.25, 0.3) is 10.1 Å². The maximum atomic E-state index is 11.4. The van der Waals surface area contributed by atoms with Crippen LogP contribution in [0.3, 0.4) is 0 Å². The molecule has 0 radical (unpaired) electrons. The topological polar surface area (TPSA) is 86.7 Å². The van der Waals surface area contributed by atoms with Gasteiger partial charge in [-0.15, -0.1) is 5.75 Å². The van der Waals surface area contributed by atoms with Crippen LogP contribution in [-0.2, 0) is 16.5 Å². The monoisotopic (exact) mass is 416 g/mol. The Labute approximate surface area is 204 Å². The molecule has 0 atom stereocenters. The van der Waals surface area contributed by atoms with Crippen molar-refractivity contribution >= 4 is 10.1 Å².